The summed E-state index contributed by atoms with van der Waals surface area (Å²) in [4.78, 5) is 11.5. The van der Waals surface area contributed by atoms with Gasteiger partial charge in [0.25, 0.3) is 0 Å². The van der Waals surface area contributed by atoms with E-state index in [0.29, 0.717) is 5.56 Å². The van der Waals surface area contributed by atoms with Gasteiger partial charge < -0.3 is 14.6 Å². The molecule has 0 saturated carbocycles. The highest BCUT2D eigenvalue weighted by molar-refractivity contribution is 7.17. The van der Waals surface area contributed by atoms with E-state index >= 15 is 0 Å². The van der Waals surface area contributed by atoms with Crippen molar-refractivity contribution >= 4 is 27.4 Å². The van der Waals surface area contributed by atoms with Gasteiger partial charge in [-0.05, 0) is 47.7 Å². The van der Waals surface area contributed by atoms with Crippen molar-refractivity contribution in [1.29, 1.82) is 0 Å². The predicted octanol–water partition coefficient (Wildman–Crippen LogP) is 5.39. The molecule has 0 aliphatic rings. The smallest absolute Gasteiger partial charge is 0.487 e. The largest absolute Gasteiger partial charge is 0.573 e. The number of rotatable bonds is 5. The first kappa shape index (κ1) is 18.1. The van der Waals surface area contributed by atoms with Crippen molar-refractivity contribution in [2.45, 2.75) is 19.9 Å². The number of carbonyl (C=O) groups is 1. The van der Waals surface area contributed by atoms with E-state index in [9.17, 15) is 23.1 Å². The van der Waals surface area contributed by atoms with Crippen LogP contribution in [-0.2, 0) is 6.61 Å². The van der Waals surface area contributed by atoms with Crippen LogP contribution in [0.2, 0.25) is 0 Å². The number of carboxylic acids is 1. The van der Waals surface area contributed by atoms with Crippen molar-refractivity contribution in [2.24, 2.45) is 0 Å². The molecular weight excluding hydrogens is 369 g/mol. The third-order valence-corrected chi connectivity index (χ3v) is 4.71. The first-order valence-electron chi connectivity index (χ1n) is 7.46. The molecule has 0 amide bonds. The Morgan fingerprint density at radius 3 is 2.46 bits per heavy atom. The Labute approximate surface area is 150 Å². The number of aryl methyl sites for hydroxylation is 1. The van der Waals surface area contributed by atoms with E-state index in [-0.39, 0.29) is 23.7 Å². The number of alkyl halides is 3. The molecule has 0 saturated heterocycles. The maximum atomic E-state index is 12.2. The van der Waals surface area contributed by atoms with Gasteiger partial charge in [0.15, 0.2) is 0 Å². The summed E-state index contributed by atoms with van der Waals surface area (Å²) in [7, 11) is 0. The molecule has 3 rings (SSSR count). The van der Waals surface area contributed by atoms with Crippen molar-refractivity contribution < 1.29 is 32.5 Å². The quantitative estimate of drug-likeness (QED) is 0.643. The fraction of sp³-hybridized carbons (Fsp3) is 0.167. The zero-order valence-electron chi connectivity index (χ0n) is 13.5. The molecule has 1 heterocycles. The van der Waals surface area contributed by atoms with Crippen molar-refractivity contribution in [2.75, 3.05) is 0 Å². The summed E-state index contributed by atoms with van der Waals surface area (Å²) in [6.07, 6.45) is -4.75. The second kappa shape index (κ2) is 6.87. The van der Waals surface area contributed by atoms with Crippen LogP contribution in [0.25, 0.3) is 10.1 Å². The minimum Gasteiger partial charge on any atom is -0.487 e. The fourth-order valence-corrected chi connectivity index (χ4v) is 3.45. The summed E-state index contributed by atoms with van der Waals surface area (Å²) >= 11 is 1.48. The maximum Gasteiger partial charge on any atom is 0.573 e. The third kappa shape index (κ3) is 3.91. The van der Waals surface area contributed by atoms with Gasteiger partial charge in [-0.15, -0.1) is 24.5 Å². The second-order valence-corrected chi connectivity index (χ2v) is 6.43. The van der Waals surface area contributed by atoms with Crippen molar-refractivity contribution in [3.05, 3.63) is 58.5 Å². The number of halogens is 3. The summed E-state index contributed by atoms with van der Waals surface area (Å²) in [5.74, 6) is -1.19. The summed E-state index contributed by atoms with van der Waals surface area (Å²) < 4.78 is 47.0. The number of thiophene rings is 1. The molecule has 0 fully saturated rings. The summed E-state index contributed by atoms with van der Waals surface area (Å²) in [6.45, 7) is 1.88. The topological polar surface area (TPSA) is 55.8 Å². The van der Waals surface area contributed by atoms with Crippen LogP contribution in [0.1, 0.15) is 21.5 Å². The van der Waals surface area contributed by atoms with Crippen LogP contribution >= 0.6 is 11.3 Å². The molecule has 0 radical (unpaired) electrons. The summed E-state index contributed by atoms with van der Waals surface area (Å²) in [6, 6.07) is 8.44. The molecule has 8 heteroatoms. The van der Waals surface area contributed by atoms with Gasteiger partial charge in [-0.3, -0.25) is 0 Å². The van der Waals surface area contributed by atoms with Gasteiger partial charge in [0.05, 0.1) is 0 Å². The first-order valence-corrected chi connectivity index (χ1v) is 8.34. The molecule has 0 bridgehead atoms. The Balaban J connectivity index is 1.84. The van der Waals surface area contributed by atoms with Crippen LogP contribution in [0, 0.1) is 6.92 Å². The highest BCUT2D eigenvalue weighted by Crippen LogP contribution is 2.37. The zero-order valence-corrected chi connectivity index (χ0v) is 14.3. The molecule has 0 atom stereocenters. The standard InChI is InChI=1S/C18H13F3O4S/c1-10-9-26-14-7-6-13(17(22)23)16(15(10)14)24-8-11-2-4-12(5-3-11)25-18(19,20)21/h2-7,9H,8H2,1H3,(H,22,23). The Kier molecular flexibility index (Phi) is 4.78. The van der Waals surface area contributed by atoms with Crippen molar-refractivity contribution in [3.8, 4) is 11.5 Å². The van der Waals surface area contributed by atoms with E-state index in [1.54, 1.807) is 6.07 Å². The highest BCUT2D eigenvalue weighted by Gasteiger charge is 2.31. The average molecular weight is 382 g/mol. The Bertz CT molecular complexity index is 945. The van der Waals surface area contributed by atoms with Gasteiger partial charge in [0.1, 0.15) is 23.7 Å². The van der Waals surface area contributed by atoms with Crippen LogP contribution in [-0.4, -0.2) is 17.4 Å². The third-order valence-electron chi connectivity index (χ3n) is 3.65. The van der Waals surface area contributed by atoms with Crippen LogP contribution in [0.5, 0.6) is 11.5 Å². The Morgan fingerprint density at radius 2 is 1.85 bits per heavy atom. The van der Waals surface area contributed by atoms with Crippen LogP contribution in [0.3, 0.4) is 0 Å². The fourth-order valence-electron chi connectivity index (χ4n) is 2.51. The Hall–Kier alpha value is -2.74. The number of hydrogen-bond acceptors (Lipinski definition) is 4. The first-order chi connectivity index (χ1) is 12.2. The number of ether oxygens (including phenoxy) is 2. The molecule has 4 nitrogen and oxygen atoms in total. The molecule has 0 spiro atoms. The molecule has 26 heavy (non-hydrogen) atoms. The number of aromatic carboxylic acids is 1. The van der Waals surface area contributed by atoms with Gasteiger partial charge in [0, 0.05) is 10.1 Å². The SMILES string of the molecule is Cc1csc2ccc(C(=O)O)c(OCc3ccc(OC(F)(F)F)cc3)c12. The lowest BCUT2D eigenvalue weighted by Gasteiger charge is -2.12. The molecule has 0 aliphatic carbocycles. The summed E-state index contributed by atoms with van der Waals surface area (Å²) in [5, 5.41) is 12.0. The van der Waals surface area contributed by atoms with Crippen LogP contribution in [0.15, 0.2) is 41.8 Å². The molecule has 136 valence electrons. The Morgan fingerprint density at radius 1 is 1.15 bits per heavy atom. The molecular formula is C18H13F3O4S. The minimum absolute atomic E-state index is 0.0149. The van der Waals surface area contributed by atoms with E-state index in [1.165, 1.54) is 41.7 Å². The van der Waals surface area contributed by atoms with Gasteiger partial charge >= 0.3 is 12.3 Å². The molecule has 0 aliphatic heterocycles. The van der Waals surface area contributed by atoms with E-state index in [2.05, 4.69) is 4.74 Å². The lowest BCUT2D eigenvalue weighted by atomic mass is 10.1. The van der Waals surface area contributed by atoms with E-state index in [0.717, 1.165) is 15.6 Å². The van der Waals surface area contributed by atoms with Gasteiger partial charge in [-0.25, -0.2) is 4.79 Å². The molecule has 1 N–H and O–H groups in total. The lowest BCUT2D eigenvalue weighted by Crippen LogP contribution is -2.17. The monoisotopic (exact) mass is 382 g/mol. The van der Waals surface area contributed by atoms with Crippen molar-refractivity contribution in [1.82, 2.24) is 0 Å². The second-order valence-electron chi connectivity index (χ2n) is 5.52. The molecule has 3 aromatic rings. The van der Waals surface area contributed by atoms with E-state index < -0.39 is 12.3 Å². The average Bonchev–Trinajstić information content (AvgIpc) is 2.94. The maximum absolute atomic E-state index is 12.2. The number of carboxylic acid groups (broad SMARTS) is 1. The molecule has 2 aromatic carbocycles. The van der Waals surface area contributed by atoms with Gasteiger partial charge in [-0.2, -0.15) is 0 Å². The van der Waals surface area contributed by atoms with E-state index in [4.69, 9.17) is 4.74 Å². The van der Waals surface area contributed by atoms with Crippen LogP contribution in [0.4, 0.5) is 13.2 Å². The number of hydrogen-bond donors (Lipinski definition) is 1. The minimum atomic E-state index is -4.75. The number of benzene rings is 2. The zero-order chi connectivity index (χ0) is 18.9. The van der Waals surface area contributed by atoms with Crippen molar-refractivity contribution in [3.63, 3.8) is 0 Å². The van der Waals surface area contributed by atoms with Crippen LogP contribution < -0.4 is 9.47 Å². The lowest BCUT2D eigenvalue weighted by molar-refractivity contribution is -0.274. The summed E-state index contributed by atoms with van der Waals surface area (Å²) in [5.41, 5.74) is 1.52. The van der Waals surface area contributed by atoms with E-state index in [1.807, 2.05) is 12.3 Å². The normalized spacial score (nSPS) is 11.5. The highest BCUT2D eigenvalue weighted by atomic mass is 32.1. The predicted molar refractivity (Wildman–Crippen MR) is 91.0 cm³/mol. The molecule has 1 aromatic heterocycles. The molecule has 0 unspecified atom stereocenters. The number of fused-ring (bicyclic) bond motifs is 1. The van der Waals surface area contributed by atoms with Gasteiger partial charge in [-0.1, -0.05) is 12.1 Å². The van der Waals surface area contributed by atoms with Gasteiger partial charge in [0.2, 0.25) is 0 Å².